The number of nitrogen functional groups attached to an aromatic ring is 4. The Labute approximate surface area is 595 Å². The molecular weight excluding hydrogens is 1360 g/mol. The lowest BCUT2D eigenvalue weighted by Crippen LogP contribution is -2.28. The molecule has 0 bridgehead atoms. The highest BCUT2D eigenvalue weighted by atomic mass is 32.2. The van der Waals surface area contributed by atoms with Crippen molar-refractivity contribution in [2.75, 3.05) is 104 Å². The molecule has 15 heterocycles. The van der Waals surface area contributed by atoms with Gasteiger partial charge in [0.15, 0.2) is 42.0 Å². The van der Waals surface area contributed by atoms with E-state index in [0.29, 0.717) is 50.0 Å². The van der Waals surface area contributed by atoms with Crippen LogP contribution in [0.5, 0.6) is 0 Å². The van der Waals surface area contributed by atoms with Crippen LogP contribution in [0, 0.1) is 34.6 Å². The summed E-state index contributed by atoms with van der Waals surface area (Å²) in [5, 5.41) is 0. The Morgan fingerprint density at radius 2 is 0.825 bits per heavy atom. The number of imidazole rings is 3. The van der Waals surface area contributed by atoms with Gasteiger partial charge in [-0.05, 0) is 91.3 Å². The minimum Gasteiger partial charge on any atom is -0.383 e. The topological polar surface area (TPSA) is 460 Å². The Hall–Kier alpha value is -8.68. The first-order valence-electron chi connectivity index (χ1n) is 33.2. The normalized spacial score (nSPS) is 24.2. The smallest absolute Gasteiger partial charge is 0.351 e. The van der Waals surface area contributed by atoms with E-state index in [2.05, 4.69) is 59.8 Å². The van der Waals surface area contributed by atoms with Crippen molar-refractivity contribution >= 4 is 68.7 Å². The molecule has 8 N–H and O–H groups in total. The Morgan fingerprint density at radius 1 is 0.427 bits per heavy atom. The number of anilines is 4. The quantitative estimate of drug-likeness (QED) is 0.106. The number of aryl methyl sites for hydroxylation is 5. The lowest BCUT2D eigenvalue weighted by Gasteiger charge is -2.14. The SMILES string of the molecule is COC1CCC(n2ccc(N)nc2=O)O1.COC1CCC(n2cnc3c(C)nc(C)nc32)O1.COCC1CCC(n2ccc(N)nc2=O)O1.COCC1CCC(n2cnc3c(C)nc(C)nc32)O1.COCC1OC(n2ccc(N)nc2=O)CS1.COCC1OCC(n2cnc3c(C)nc(N)nc32)O1. The highest BCUT2D eigenvalue weighted by Crippen LogP contribution is 2.35. The number of aromatic nitrogens is 18. The maximum Gasteiger partial charge on any atom is 0.351 e. The van der Waals surface area contributed by atoms with Crippen molar-refractivity contribution in [1.82, 2.24) is 87.2 Å². The van der Waals surface area contributed by atoms with Crippen LogP contribution in [0.4, 0.5) is 23.4 Å². The molecule has 0 aliphatic carbocycles. The molecule has 0 saturated carbocycles. The van der Waals surface area contributed by atoms with Crippen LogP contribution < -0.4 is 40.0 Å². The lowest BCUT2D eigenvalue weighted by molar-refractivity contribution is -0.134. The van der Waals surface area contributed by atoms with Gasteiger partial charge in [0.05, 0.1) is 81.3 Å². The molecule has 6 saturated heterocycles. The second-order valence-electron chi connectivity index (χ2n) is 24.3. The molecule has 12 atom stereocenters. The molecule has 6 aliphatic rings. The van der Waals surface area contributed by atoms with E-state index in [-0.39, 0.29) is 109 Å². The Balaban J connectivity index is 0.000000133. The number of nitrogens with two attached hydrogens (primary N) is 4. The van der Waals surface area contributed by atoms with Crippen LogP contribution in [-0.4, -0.2) is 205 Å². The number of hydrogen-bond donors (Lipinski definition) is 4. The van der Waals surface area contributed by atoms with Gasteiger partial charge < -0.3 is 84.5 Å². The molecule has 6 aliphatic heterocycles. The molecule has 0 aromatic carbocycles. The number of nitrogens with zero attached hydrogens (tertiary/aromatic N) is 18. The van der Waals surface area contributed by atoms with Gasteiger partial charge in [0.2, 0.25) is 5.95 Å². The zero-order chi connectivity index (χ0) is 73.4. The van der Waals surface area contributed by atoms with Gasteiger partial charge in [-0.25, -0.2) is 54.3 Å². The molecular formula is C64H90N22O16S. The Morgan fingerprint density at radius 3 is 1.26 bits per heavy atom. The standard InChI is InChI=1S/C13H18N4O2.C12H16N4O2.C11H15N5O3.C10H15N3O3.C9H13N3O3S.C9H13N3O3/c1-8-12-13(16-9(2)15-8)17(7-14-12)11-5-4-10(19-11)6-18-3;1-7-11-12(15-8(2)14-7)16(6-13-11)9-4-5-10(17-3)18-9;1-6-9-10(15-11(12)14-6)16(5-13-9)7-3-18-8(19-7)4-17-2;1-15-6-7-2-3-9(16-7)13-5-4-8(11)12-10(13)14;1-14-4-8-15-7(5-16-8)12-3-2-6(10)11-9(12)13;1-14-8-3-2-7(15-8)12-5-4-6(10)11-9(12)13/h7,10-11H,4-6H2,1-3H3;6,9-10H,4-5H2,1-3H3;5,7-8H,3-4H2,1-2H3,(H2,12,14,15);4-5,7,9H,2-3,6H2,1H3,(H2,11,12,14);2-3,7-8H,4-5H2,1H3,(H2,10,11,13);4-5,7-8H,2-3H2,1H3,(H2,10,11,13). The maximum atomic E-state index is 11.6. The zero-order valence-electron chi connectivity index (χ0n) is 59.3. The monoisotopic (exact) mass is 1450 g/mol. The van der Waals surface area contributed by atoms with Gasteiger partial charge >= 0.3 is 17.1 Å². The largest absolute Gasteiger partial charge is 0.383 e. The number of fused-ring (bicyclic) bond motifs is 3. The summed E-state index contributed by atoms with van der Waals surface area (Å²) in [6.45, 7) is 12.0. The molecule has 39 heteroatoms. The van der Waals surface area contributed by atoms with Crippen molar-refractivity contribution < 1.29 is 61.6 Å². The first-order chi connectivity index (χ1) is 49.7. The van der Waals surface area contributed by atoms with Gasteiger partial charge in [-0.15, -0.1) is 11.8 Å². The molecule has 0 radical (unpaired) electrons. The summed E-state index contributed by atoms with van der Waals surface area (Å²) in [6.07, 6.45) is 15.3. The number of ether oxygens (including phenoxy) is 13. The summed E-state index contributed by atoms with van der Waals surface area (Å²) in [4.78, 5) is 84.5. The third-order valence-corrected chi connectivity index (χ3v) is 17.9. The van der Waals surface area contributed by atoms with Gasteiger partial charge in [-0.2, -0.15) is 19.9 Å². The minimum atomic E-state index is -0.392. The summed E-state index contributed by atoms with van der Waals surface area (Å²) < 4.78 is 80.2. The molecule has 9 aromatic heterocycles. The van der Waals surface area contributed by atoms with E-state index in [1.165, 1.54) is 13.7 Å². The average molecular weight is 1460 g/mol. The molecule has 15 rings (SSSR count). The molecule has 9 aromatic rings. The van der Waals surface area contributed by atoms with Crippen molar-refractivity contribution in [2.24, 2.45) is 0 Å². The van der Waals surface area contributed by atoms with Gasteiger partial charge in [0.1, 0.15) is 82.2 Å². The second-order valence-corrected chi connectivity index (χ2v) is 25.4. The molecule has 38 nitrogen and oxygen atoms in total. The van der Waals surface area contributed by atoms with Crippen molar-refractivity contribution in [2.45, 2.75) is 160 Å². The van der Waals surface area contributed by atoms with E-state index >= 15 is 0 Å². The third-order valence-electron chi connectivity index (χ3n) is 16.8. The highest BCUT2D eigenvalue weighted by molar-refractivity contribution is 8.00. The Kier molecular flexibility index (Phi) is 27.0. The van der Waals surface area contributed by atoms with Gasteiger partial charge in [0.25, 0.3) is 0 Å². The summed E-state index contributed by atoms with van der Waals surface area (Å²) in [5.74, 6) is 3.12. The molecule has 0 spiro atoms. The first-order valence-corrected chi connectivity index (χ1v) is 34.3. The average Bonchev–Trinajstić information content (AvgIpc) is 1.65. The van der Waals surface area contributed by atoms with Gasteiger partial charge in [-0.3, -0.25) is 27.4 Å². The number of rotatable bonds is 16. The first kappa shape index (κ1) is 76.9. The maximum absolute atomic E-state index is 11.6. The van der Waals surface area contributed by atoms with E-state index in [0.717, 1.165) is 102 Å². The van der Waals surface area contributed by atoms with Crippen LogP contribution in [0.3, 0.4) is 0 Å². The van der Waals surface area contributed by atoms with Crippen molar-refractivity contribution in [1.29, 1.82) is 0 Å². The van der Waals surface area contributed by atoms with E-state index in [4.69, 9.17) is 84.5 Å². The fourth-order valence-corrected chi connectivity index (χ4v) is 13.1. The minimum absolute atomic E-state index is 0.00106. The number of hydrogen-bond acceptors (Lipinski definition) is 33. The van der Waals surface area contributed by atoms with Gasteiger partial charge in [-0.1, -0.05) is 0 Å². The molecule has 103 heavy (non-hydrogen) atoms. The van der Waals surface area contributed by atoms with Crippen LogP contribution >= 0.6 is 11.8 Å². The van der Waals surface area contributed by atoms with Gasteiger partial charge in [0, 0.05) is 79.8 Å². The molecule has 0 amide bonds. The zero-order valence-corrected chi connectivity index (χ0v) is 60.1. The van der Waals surface area contributed by atoms with Crippen LogP contribution in [0.2, 0.25) is 0 Å². The third kappa shape index (κ3) is 19.6. The van der Waals surface area contributed by atoms with Crippen LogP contribution in [0.15, 0.2) is 70.2 Å². The van der Waals surface area contributed by atoms with E-state index in [1.54, 1.807) is 115 Å². The predicted octanol–water partition coefficient (Wildman–Crippen LogP) is 4.04. The lowest BCUT2D eigenvalue weighted by atomic mass is 10.2. The van der Waals surface area contributed by atoms with Crippen molar-refractivity contribution in [3.05, 3.63) is 116 Å². The van der Waals surface area contributed by atoms with Crippen molar-refractivity contribution in [3.63, 3.8) is 0 Å². The fourth-order valence-electron chi connectivity index (χ4n) is 12.0. The fraction of sp³-hybridized carbons (Fsp3) is 0.578. The summed E-state index contributed by atoms with van der Waals surface area (Å²) in [5.41, 5.74) is 28.0. The van der Waals surface area contributed by atoms with E-state index < -0.39 is 5.69 Å². The highest BCUT2D eigenvalue weighted by Gasteiger charge is 2.34. The second kappa shape index (κ2) is 36.2. The molecule has 558 valence electrons. The van der Waals surface area contributed by atoms with Crippen LogP contribution in [0.25, 0.3) is 33.5 Å². The number of methoxy groups -OCH3 is 6. The summed E-state index contributed by atoms with van der Waals surface area (Å²) >= 11 is 1.62. The summed E-state index contributed by atoms with van der Waals surface area (Å²) in [6, 6.07) is 4.75. The van der Waals surface area contributed by atoms with E-state index in [1.807, 2.05) is 43.8 Å². The van der Waals surface area contributed by atoms with Crippen molar-refractivity contribution in [3.8, 4) is 0 Å². The molecule has 6 fully saturated rings. The predicted molar refractivity (Wildman–Crippen MR) is 373 cm³/mol. The summed E-state index contributed by atoms with van der Waals surface area (Å²) in [7, 11) is 9.79. The van der Waals surface area contributed by atoms with Crippen LogP contribution in [-0.2, 0) is 61.6 Å². The van der Waals surface area contributed by atoms with E-state index in [9.17, 15) is 14.4 Å². The Bertz CT molecular complexity index is 4260. The molecule has 12 unspecified atom stereocenters. The van der Waals surface area contributed by atoms with Crippen LogP contribution in [0.1, 0.15) is 117 Å². The number of thioether (sulfide) groups is 1.